The fraction of sp³-hybridized carbons (Fsp3) is 0.357. The minimum atomic E-state index is -0.0949. The third-order valence-corrected chi connectivity index (χ3v) is 4.70. The van der Waals surface area contributed by atoms with Crippen LogP contribution in [0.1, 0.15) is 17.3 Å². The number of nitrogens with one attached hydrogen (secondary N) is 1. The smallest absolute Gasteiger partial charge is 0.0837 e. The van der Waals surface area contributed by atoms with E-state index in [0.29, 0.717) is 23.2 Å². The van der Waals surface area contributed by atoms with Crippen LogP contribution in [0.4, 0.5) is 0 Å². The molecule has 2 aromatic rings. The van der Waals surface area contributed by atoms with Crippen molar-refractivity contribution in [1.29, 1.82) is 0 Å². The maximum atomic E-state index is 6.31. The quantitative estimate of drug-likeness (QED) is 0.809. The Bertz CT molecular complexity index is 618. The van der Waals surface area contributed by atoms with E-state index in [0.717, 1.165) is 15.7 Å². The van der Waals surface area contributed by atoms with E-state index in [2.05, 4.69) is 26.3 Å². The number of halogens is 3. The molecular formula is C14H16BrCl2N3O. The molecule has 1 heterocycles. The predicted octanol–water partition coefficient (Wildman–Crippen LogP) is 3.91. The van der Waals surface area contributed by atoms with Gasteiger partial charge in [0.15, 0.2) is 0 Å². The molecule has 4 nitrogen and oxygen atoms in total. The molecule has 114 valence electrons. The van der Waals surface area contributed by atoms with Gasteiger partial charge in [0.1, 0.15) is 0 Å². The standard InChI is InChI=1S/C14H16BrCl2N3O/c1-18-13(9-3-4-10(15)11(16)7-9)14-12(17)8-19-20(14)5-6-21-2/h3-4,7-8,13,18H,5-6H2,1-2H3. The van der Waals surface area contributed by atoms with Crippen LogP contribution in [0.5, 0.6) is 0 Å². The molecule has 2 rings (SSSR count). The molecule has 0 saturated carbocycles. The molecule has 1 aromatic carbocycles. The van der Waals surface area contributed by atoms with Crippen molar-refractivity contribution >= 4 is 39.1 Å². The third kappa shape index (κ3) is 3.79. The minimum absolute atomic E-state index is 0.0949. The predicted molar refractivity (Wildman–Crippen MR) is 89.2 cm³/mol. The molecule has 1 unspecified atom stereocenters. The molecule has 7 heteroatoms. The van der Waals surface area contributed by atoms with Crippen LogP contribution in [0, 0.1) is 0 Å². The molecular weight excluding hydrogens is 377 g/mol. The lowest BCUT2D eigenvalue weighted by atomic mass is 10.0. The van der Waals surface area contributed by atoms with Crippen LogP contribution in [0.25, 0.3) is 0 Å². The number of nitrogens with zero attached hydrogens (tertiary/aromatic N) is 2. The molecule has 0 bridgehead atoms. The lowest BCUT2D eigenvalue weighted by Gasteiger charge is -2.19. The van der Waals surface area contributed by atoms with E-state index in [1.807, 2.05) is 29.9 Å². The minimum Gasteiger partial charge on any atom is -0.383 e. The van der Waals surface area contributed by atoms with Gasteiger partial charge in [-0.15, -0.1) is 0 Å². The van der Waals surface area contributed by atoms with Crippen LogP contribution in [-0.4, -0.2) is 30.5 Å². The number of benzene rings is 1. The van der Waals surface area contributed by atoms with Gasteiger partial charge in [0.05, 0.1) is 41.1 Å². The Kier molecular flexibility index (Phi) is 6.08. The van der Waals surface area contributed by atoms with E-state index in [1.165, 1.54) is 0 Å². The van der Waals surface area contributed by atoms with Crippen LogP contribution in [-0.2, 0) is 11.3 Å². The van der Waals surface area contributed by atoms with Gasteiger partial charge in [0, 0.05) is 11.6 Å². The lowest BCUT2D eigenvalue weighted by molar-refractivity contribution is 0.182. The average molecular weight is 393 g/mol. The fourth-order valence-corrected chi connectivity index (χ4v) is 2.85. The molecule has 0 aliphatic carbocycles. The molecule has 0 aliphatic rings. The van der Waals surface area contributed by atoms with Crippen molar-refractivity contribution in [3.05, 3.63) is 50.2 Å². The molecule has 0 fully saturated rings. The highest BCUT2D eigenvalue weighted by atomic mass is 79.9. The Morgan fingerprint density at radius 2 is 2.14 bits per heavy atom. The normalized spacial score (nSPS) is 12.6. The number of hydrogen-bond acceptors (Lipinski definition) is 3. The highest BCUT2D eigenvalue weighted by Crippen LogP contribution is 2.32. The summed E-state index contributed by atoms with van der Waals surface area (Å²) in [5, 5.41) is 8.85. The molecule has 0 spiro atoms. The first kappa shape index (κ1) is 16.8. The first-order valence-electron chi connectivity index (χ1n) is 6.40. The summed E-state index contributed by atoms with van der Waals surface area (Å²) in [5.74, 6) is 0. The summed E-state index contributed by atoms with van der Waals surface area (Å²) >= 11 is 15.9. The molecule has 21 heavy (non-hydrogen) atoms. The van der Waals surface area contributed by atoms with E-state index in [4.69, 9.17) is 27.9 Å². The largest absolute Gasteiger partial charge is 0.383 e. The van der Waals surface area contributed by atoms with Gasteiger partial charge in [0.25, 0.3) is 0 Å². The monoisotopic (exact) mass is 391 g/mol. The van der Waals surface area contributed by atoms with Crippen LogP contribution >= 0.6 is 39.1 Å². The Hall–Kier alpha value is -0.590. The van der Waals surface area contributed by atoms with Crippen LogP contribution < -0.4 is 5.32 Å². The summed E-state index contributed by atoms with van der Waals surface area (Å²) in [4.78, 5) is 0. The molecule has 1 N–H and O–H groups in total. The van der Waals surface area contributed by atoms with Gasteiger partial charge in [-0.25, -0.2) is 0 Å². The summed E-state index contributed by atoms with van der Waals surface area (Å²) in [7, 11) is 3.54. The van der Waals surface area contributed by atoms with Crippen molar-refractivity contribution in [2.24, 2.45) is 0 Å². The van der Waals surface area contributed by atoms with Crippen molar-refractivity contribution in [1.82, 2.24) is 15.1 Å². The van der Waals surface area contributed by atoms with Crippen LogP contribution in [0.3, 0.4) is 0 Å². The van der Waals surface area contributed by atoms with Gasteiger partial charge in [-0.3, -0.25) is 4.68 Å². The van der Waals surface area contributed by atoms with Crippen molar-refractivity contribution in [3.8, 4) is 0 Å². The maximum absolute atomic E-state index is 6.31. The number of methoxy groups -OCH3 is 1. The van der Waals surface area contributed by atoms with Gasteiger partial charge < -0.3 is 10.1 Å². The number of ether oxygens (including phenoxy) is 1. The summed E-state index contributed by atoms with van der Waals surface area (Å²) < 4.78 is 7.83. The first-order chi connectivity index (χ1) is 10.1. The van der Waals surface area contributed by atoms with Crippen molar-refractivity contribution in [2.75, 3.05) is 20.8 Å². The zero-order valence-electron chi connectivity index (χ0n) is 11.7. The second kappa shape index (κ2) is 7.61. The van der Waals surface area contributed by atoms with E-state index in [9.17, 15) is 0 Å². The molecule has 1 atom stereocenters. The Morgan fingerprint density at radius 3 is 2.76 bits per heavy atom. The van der Waals surface area contributed by atoms with Crippen molar-refractivity contribution < 1.29 is 4.74 Å². The summed E-state index contributed by atoms with van der Waals surface area (Å²) in [6.07, 6.45) is 1.65. The molecule has 1 aromatic heterocycles. The van der Waals surface area contributed by atoms with E-state index >= 15 is 0 Å². The average Bonchev–Trinajstić information content (AvgIpc) is 2.83. The number of rotatable bonds is 6. The topological polar surface area (TPSA) is 39.1 Å². The van der Waals surface area contributed by atoms with Crippen LogP contribution in [0.15, 0.2) is 28.9 Å². The zero-order valence-corrected chi connectivity index (χ0v) is 14.8. The molecule has 0 radical (unpaired) electrons. The van der Waals surface area contributed by atoms with Gasteiger partial charge in [-0.2, -0.15) is 5.10 Å². The molecule has 0 saturated heterocycles. The number of hydrogen-bond donors (Lipinski definition) is 1. The van der Waals surface area contributed by atoms with E-state index in [-0.39, 0.29) is 6.04 Å². The molecule has 0 aliphatic heterocycles. The summed E-state index contributed by atoms with van der Waals surface area (Å²) in [6, 6.07) is 5.74. The Morgan fingerprint density at radius 1 is 1.38 bits per heavy atom. The SMILES string of the molecule is CNC(c1ccc(Br)c(Cl)c1)c1c(Cl)cnn1CCOC. The first-order valence-corrected chi connectivity index (χ1v) is 7.95. The van der Waals surface area contributed by atoms with Crippen LogP contribution in [0.2, 0.25) is 10.0 Å². The van der Waals surface area contributed by atoms with Crippen molar-refractivity contribution in [3.63, 3.8) is 0 Å². The Labute approximate surface area is 142 Å². The summed E-state index contributed by atoms with van der Waals surface area (Å²) in [6.45, 7) is 1.21. The maximum Gasteiger partial charge on any atom is 0.0837 e. The van der Waals surface area contributed by atoms with Gasteiger partial charge in [0.2, 0.25) is 0 Å². The van der Waals surface area contributed by atoms with E-state index in [1.54, 1.807) is 13.3 Å². The van der Waals surface area contributed by atoms with Crippen molar-refractivity contribution in [2.45, 2.75) is 12.6 Å². The molecule has 0 amide bonds. The van der Waals surface area contributed by atoms with E-state index < -0.39 is 0 Å². The third-order valence-electron chi connectivity index (χ3n) is 3.18. The van der Waals surface area contributed by atoms with Gasteiger partial charge in [-0.1, -0.05) is 29.3 Å². The van der Waals surface area contributed by atoms with Gasteiger partial charge in [-0.05, 0) is 40.7 Å². The van der Waals surface area contributed by atoms with Gasteiger partial charge >= 0.3 is 0 Å². The lowest BCUT2D eigenvalue weighted by Crippen LogP contribution is -2.23. The second-order valence-corrected chi connectivity index (χ2v) is 6.16. The number of aromatic nitrogens is 2. The zero-order chi connectivity index (χ0) is 15.4. The highest BCUT2D eigenvalue weighted by molar-refractivity contribution is 9.10. The highest BCUT2D eigenvalue weighted by Gasteiger charge is 2.21. The Balaban J connectivity index is 2.40. The summed E-state index contributed by atoms with van der Waals surface area (Å²) in [5.41, 5.74) is 1.92. The fourth-order valence-electron chi connectivity index (χ4n) is 2.17. The second-order valence-electron chi connectivity index (χ2n) is 4.49.